The summed E-state index contributed by atoms with van der Waals surface area (Å²) < 4.78 is 24.3. The van der Waals surface area contributed by atoms with Crippen molar-refractivity contribution in [3.8, 4) is 0 Å². The molecule has 0 saturated heterocycles. The maximum atomic E-state index is 14.0. The fourth-order valence-corrected chi connectivity index (χ4v) is 4.72. The third-order valence-corrected chi connectivity index (χ3v) is 6.12. The van der Waals surface area contributed by atoms with Gasteiger partial charge in [-0.25, -0.2) is 14.0 Å². The quantitative estimate of drug-likeness (QED) is 0.553. The van der Waals surface area contributed by atoms with Gasteiger partial charge in [-0.05, 0) is 64.2 Å². The molecule has 172 valence electrons. The highest BCUT2D eigenvalue weighted by molar-refractivity contribution is 5.89. The average molecular weight is 429 g/mol. The molecular weight excluding hydrogens is 391 g/mol. The first-order chi connectivity index (χ1) is 13.6. The lowest BCUT2D eigenvalue weighted by Gasteiger charge is -2.67. The fourth-order valence-electron chi connectivity index (χ4n) is 4.72. The molecule has 3 aliphatic rings. The van der Waals surface area contributed by atoms with E-state index in [9.17, 15) is 18.8 Å². The zero-order valence-corrected chi connectivity index (χ0v) is 19.6. The molecule has 8 heteroatoms. The number of nitrogens with zero attached hydrogens (tertiary/aromatic N) is 2. The summed E-state index contributed by atoms with van der Waals surface area (Å²) in [6.07, 6.45) is 1.50. The Balaban J connectivity index is 2.18. The molecular formula is C22H37FN2O5. The number of ether oxygens (including phenoxy) is 2. The number of methoxy groups -OCH3 is 1. The molecule has 1 unspecified atom stereocenters. The first kappa shape index (κ1) is 24.4. The van der Waals surface area contributed by atoms with E-state index >= 15 is 0 Å². The topological polar surface area (TPSA) is 76.2 Å². The van der Waals surface area contributed by atoms with Crippen LogP contribution >= 0.6 is 0 Å². The van der Waals surface area contributed by atoms with Gasteiger partial charge in [0.25, 0.3) is 0 Å². The number of alkyl halides is 1. The predicted octanol–water partition coefficient (Wildman–Crippen LogP) is 3.55. The Kier molecular flexibility index (Phi) is 6.79. The Labute approximate surface area is 179 Å². The second kappa shape index (κ2) is 8.35. The lowest BCUT2D eigenvalue weighted by Crippen LogP contribution is -2.66. The van der Waals surface area contributed by atoms with E-state index in [4.69, 9.17) is 9.47 Å². The molecule has 0 heterocycles. The van der Waals surface area contributed by atoms with E-state index in [-0.39, 0.29) is 17.2 Å². The van der Waals surface area contributed by atoms with Crippen molar-refractivity contribution in [3.05, 3.63) is 0 Å². The molecule has 3 saturated carbocycles. The summed E-state index contributed by atoms with van der Waals surface area (Å²) in [6, 6.07) is -1.59. The summed E-state index contributed by atoms with van der Waals surface area (Å²) in [7, 11) is 4.37. The standard InChI is InChI=1S/C22H37FN2O5/c1-14(2)9-15(25(7)19(28)30-20(3,4)5)17(26)24(6)16(18(27)29-8)10-21-11-22(23,12-21)13-21/h14-16H,9-13H2,1-8H3/t15-,16?,21?,22?/m0/s1. The molecule has 0 N–H and O–H groups in total. The van der Waals surface area contributed by atoms with E-state index in [1.165, 1.54) is 24.0 Å². The largest absolute Gasteiger partial charge is 0.467 e. The van der Waals surface area contributed by atoms with Gasteiger partial charge in [-0.15, -0.1) is 0 Å². The number of hydrogen-bond donors (Lipinski definition) is 0. The Morgan fingerprint density at radius 3 is 1.97 bits per heavy atom. The molecule has 0 aromatic carbocycles. The van der Waals surface area contributed by atoms with Crippen molar-refractivity contribution >= 4 is 18.0 Å². The van der Waals surface area contributed by atoms with E-state index in [1.807, 2.05) is 13.8 Å². The van der Waals surface area contributed by atoms with Crippen LogP contribution in [-0.4, -0.2) is 72.3 Å². The van der Waals surface area contributed by atoms with E-state index < -0.39 is 35.4 Å². The number of likely N-dealkylation sites (N-methyl/N-ethyl adjacent to an activating group) is 2. The van der Waals surface area contributed by atoms with Crippen LogP contribution in [0.3, 0.4) is 0 Å². The normalized spacial score (nSPS) is 26.7. The van der Waals surface area contributed by atoms with Gasteiger partial charge in [-0.2, -0.15) is 0 Å². The first-order valence-electron chi connectivity index (χ1n) is 10.6. The zero-order valence-electron chi connectivity index (χ0n) is 19.6. The molecule has 2 amide bonds. The van der Waals surface area contributed by atoms with E-state index in [2.05, 4.69) is 0 Å². The lowest BCUT2D eigenvalue weighted by molar-refractivity contribution is -0.224. The summed E-state index contributed by atoms with van der Waals surface area (Å²) in [4.78, 5) is 41.2. The number of carbonyl (C=O) groups is 3. The molecule has 7 nitrogen and oxygen atoms in total. The van der Waals surface area contributed by atoms with Crippen LogP contribution in [0.2, 0.25) is 0 Å². The van der Waals surface area contributed by atoms with E-state index in [0.717, 1.165) is 0 Å². The number of esters is 1. The smallest absolute Gasteiger partial charge is 0.410 e. The Morgan fingerprint density at radius 1 is 1.03 bits per heavy atom. The van der Waals surface area contributed by atoms with Gasteiger partial charge < -0.3 is 14.4 Å². The van der Waals surface area contributed by atoms with Crippen LogP contribution in [0.1, 0.15) is 66.7 Å². The van der Waals surface area contributed by atoms with Crippen molar-refractivity contribution in [1.29, 1.82) is 0 Å². The van der Waals surface area contributed by atoms with E-state index in [1.54, 1.807) is 27.8 Å². The molecule has 0 spiro atoms. The van der Waals surface area contributed by atoms with Gasteiger partial charge in [0.1, 0.15) is 23.4 Å². The zero-order chi connectivity index (χ0) is 23.1. The summed E-state index contributed by atoms with van der Waals surface area (Å²) in [5, 5.41) is 0. The van der Waals surface area contributed by atoms with Crippen molar-refractivity contribution in [1.82, 2.24) is 9.80 Å². The maximum Gasteiger partial charge on any atom is 0.410 e. The minimum atomic E-state index is -1.08. The molecule has 3 aliphatic carbocycles. The van der Waals surface area contributed by atoms with Gasteiger partial charge in [0.15, 0.2) is 0 Å². The highest BCUT2D eigenvalue weighted by Gasteiger charge is 2.69. The highest BCUT2D eigenvalue weighted by Crippen LogP contribution is 2.71. The van der Waals surface area contributed by atoms with Gasteiger partial charge in [-0.1, -0.05) is 13.8 Å². The van der Waals surface area contributed by atoms with Crippen molar-refractivity contribution in [2.45, 2.75) is 90.1 Å². The molecule has 0 aromatic rings. The molecule has 3 rings (SSSR count). The molecule has 2 atom stereocenters. The first-order valence-corrected chi connectivity index (χ1v) is 10.6. The Hall–Kier alpha value is -1.86. The molecule has 0 radical (unpaired) electrons. The third-order valence-electron chi connectivity index (χ3n) is 6.12. The number of carbonyl (C=O) groups excluding carboxylic acids is 3. The average Bonchev–Trinajstić information content (AvgIpc) is 2.57. The summed E-state index contributed by atoms with van der Waals surface area (Å²) in [5.74, 6) is -0.737. The maximum absolute atomic E-state index is 14.0. The molecule has 30 heavy (non-hydrogen) atoms. The second-order valence-corrected chi connectivity index (χ2v) is 10.6. The Bertz CT molecular complexity index is 668. The van der Waals surface area contributed by atoms with Gasteiger partial charge in [0.2, 0.25) is 5.91 Å². The van der Waals surface area contributed by atoms with Gasteiger partial charge in [-0.3, -0.25) is 9.69 Å². The third kappa shape index (κ3) is 5.24. The van der Waals surface area contributed by atoms with Crippen LogP contribution in [0.15, 0.2) is 0 Å². The highest BCUT2D eigenvalue weighted by atomic mass is 19.1. The van der Waals surface area contributed by atoms with Crippen LogP contribution in [0.4, 0.5) is 9.18 Å². The van der Waals surface area contributed by atoms with Crippen molar-refractivity contribution < 1.29 is 28.2 Å². The predicted molar refractivity (Wildman–Crippen MR) is 111 cm³/mol. The van der Waals surface area contributed by atoms with Crippen LogP contribution in [0.5, 0.6) is 0 Å². The van der Waals surface area contributed by atoms with Crippen LogP contribution in [-0.2, 0) is 19.1 Å². The molecule has 0 aromatic heterocycles. The fraction of sp³-hybridized carbons (Fsp3) is 0.864. The summed E-state index contributed by atoms with van der Waals surface area (Å²) >= 11 is 0. The SMILES string of the molecule is COC(=O)C(CC12CC(F)(C1)C2)N(C)C(=O)[C@H](CC(C)C)N(C)C(=O)OC(C)(C)C. The summed E-state index contributed by atoms with van der Waals surface area (Å²) in [5.41, 5.74) is -2.00. The molecule has 0 aliphatic heterocycles. The van der Waals surface area contributed by atoms with Crippen LogP contribution in [0.25, 0.3) is 0 Å². The van der Waals surface area contributed by atoms with Gasteiger partial charge >= 0.3 is 12.1 Å². The lowest BCUT2D eigenvalue weighted by atomic mass is 9.40. The minimum Gasteiger partial charge on any atom is -0.467 e. The van der Waals surface area contributed by atoms with Gasteiger partial charge in [0.05, 0.1) is 7.11 Å². The number of amides is 2. The number of halogens is 1. The van der Waals surface area contributed by atoms with Crippen LogP contribution in [0, 0.1) is 11.3 Å². The molecule has 3 fully saturated rings. The Morgan fingerprint density at radius 2 is 1.57 bits per heavy atom. The van der Waals surface area contributed by atoms with Crippen molar-refractivity contribution in [2.24, 2.45) is 11.3 Å². The number of rotatable bonds is 8. The van der Waals surface area contributed by atoms with Crippen molar-refractivity contribution in [2.75, 3.05) is 21.2 Å². The number of hydrogen-bond acceptors (Lipinski definition) is 5. The summed E-state index contributed by atoms with van der Waals surface area (Å²) in [6.45, 7) is 9.21. The second-order valence-electron chi connectivity index (χ2n) is 10.6. The van der Waals surface area contributed by atoms with E-state index in [0.29, 0.717) is 32.1 Å². The minimum absolute atomic E-state index is 0.137. The van der Waals surface area contributed by atoms with Crippen LogP contribution < -0.4 is 0 Å². The van der Waals surface area contributed by atoms with Gasteiger partial charge in [0, 0.05) is 14.1 Å². The monoisotopic (exact) mass is 428 g/mol. The van der Waals surface area contributed by atoms with Crippen molar-refractivity contribution in [3.63, 3.8) is 0 Å². The molecule has 2 bridgehead atoms.